The Kier molecular flexibility index (Phi) is 11.0. The number of aliphatic hydroxyl groups excluding tert-OH is 3. The predicted octanol–water partition coefficient (Wildman–Crippen LogP) is 0.282. The molecule has 1 fully saturated rings. The van der Waals surface area contributed by atoms with E-state index in [0.717, 1.165) is 32.1 Å². The highest BCUT2D eigenvalue weighted by Crippen LogP contribution is 2.26. The van der Waals surface area contributed by atoms with Gasteiger partial charge in [-0.05, 0) is 19.4 Å². The van der Waals surface area contributed by atoms with Crippen LogP contribution in [0.3, 0.4) is 0 Å². The van der Waals surface area contributed by atoms with Crippen LogP contribution in [0.15, 0.2) is 0 Å². The molecule has 1 rings (SSSR count). The van der Waals surface area contributed by atoms with Gasteiger partial charge in [0, 0.05) is 6.54 Å². The third-order valence-corrected chi connectivity index (χ3v) is 4.16. The smallest absolute Gasteiger partial charge is 0.240 e. The normalized spacial score (nSPS) is 28.4. The molecule has 0 spiro atoms. The van der Waals surface area contributed by atoms with Crippen LogP contribution in [0.4, 0.5) is 0 Å². The summed E-state index contributed by atoms with van der Waals surface area (Å²) in [7, 11) is 0. The van der Waals surface area contributed by atoms with E-state index in [1.54, 1.807) is 4.90 Å². The molecule has 1 amide bonds. The SMILES string of the molecule is CCCCCNC(=O)[C@@H]1[C@@H](O)[C@@H](O)[C@@H](CO)N1CCCC.Cl. The third kappa shape index (κ3) is 5.35. The molecule has 22 heavy (non-hydrogen) atoms. The standard InChI is InChI=1S/C15H30N2O4.ClH/c1-3-5-7-8-16-15(21)12-14(20)13(19)11(10-18)17(12)9-6-4-2;/h11-14,18-20H,3-10H2,1-2H3,(H,16,21);1H/t11-,12+,13+,14-;/m1./s1. The lowest BCUT2D eigenvalue weighted by Crippen LogP contribution is -2.50. The van der Waals surface area contributed by atoms with Gasteiger partial charge in [-0.1, -0.05) is 33.1 Å². The number of carbonyl (C=O) groups is 1. The molecule has 0 radical (unpaired) electrons. The Morgan fingerprint density at radius 1 is 1.09 bits per heavy atom. The summed E-state index contributed by atoms with van der Waals surface area (Å²) in [6, 6.07) is -1.34. The second-order valence-electron chi connectivity index (χ2n) is 5.77. The number of nitrogens with one attached hydrogen (secondary N) is 1. The first-order chi connectivity index (χ1) is 10.1. The summed E-state index contributed by atoms with van der Waals surface area (Å²) < 4.78 is 0. The van der Waals surface area contributed by atoms with Gasteiger partial charge in [0.25, 0.3) is 0 Å². The van der Waals surface area contributed by atoms with Crippen molar-refractivity contribution in [2.45, 2.75) is 70.2 Å². The maximum absolute atomic E-state index is 12.3. The summed E-state index contributed by atoms with van der Waals surface area (Å²) in [5.74, 6) is -0.260. The Morgan fingerprint density at radius 3 is 2.27 bits per heavy atom. The van der Waals surface area contributed by atoms with E-state index in [4.69, 9.17) is 0 Å². The molecule has 4 N–H and O–H groups in total. The number of hydrogen-bond acceptors (Lipinski definition) is 5. The summed E-state index contributed by atoms with van der Waals surface area (Å²) in [5, 5.41) is 32.4. The Labute approximate surface area is 139 Å². The summed E-state index contributed by atoms with van der Waals surface area (Å²) in [6.45, 7) is 5.04. The lowest BCUT2D eigenvalue weighted by molar-refractivity contribution is -0.129. The highest BCUT2D eigenvalue weighted by Gasteiger charge is 2.50. The van der Waals surface area contributed by atoms with E-state index >= 15 is 0 Å². The number of likely N-dealkylation sites (tertiary alicyclic amines) is 1. The molecule has 1 aliphatic rings. The molecule has 1 heterocycles. The lowest BCUT2D eigenvalue weighted by Gasteiger charge is -2.28. The van der Waals surface area contributed by atoms with Crippen LogP contribution in [-0.2, 0) is 4.79 Å². The van der Waals surface area contributed by atoms with Gasteiger partial charge < -0.3 is 20.6 Å². The van der Waals surface area contributed by atoms with Crippen molar-refractivity contribution in [1.29, 1.82) is 0 Å². The zero-order valence-corrected chi connectivity index (χ0v) is 14.4. The van der Waals surface area contributed by atoms with Gasteiger partial charge in [0.2, 0.25) is 5.91 Å². The minimum absolute atomic E-state index is 0. The number of nitrogens with zero attached hydrogens (tertiary/aromatic N) is 1. The van der Waals surface area contributed by atoms with Crippen LogP contribution >= 0.6 is 12.4 Å². The number of amides is 1. The molecule has 0 unspecified atom stereocenters. The highest BCUT2D eigenvalue weighted by molar-refractivity contribution is 5.85. The second-order valence-corrected chi connectivity index (χ2v) is 5.77. The molecule has 1 aliphatic heterocycles. The van der Waals surface area contributed by atoms with E-state index in [9.17, 15) is 20.1 Å². The van der Waals surface area contributed by atoms with Gasteiger partial charge in [-0.3, -0.25) is 9.69 Å². The first kappa shape index (κ1) is 21.6. The number of hydrogen-bond donors (Lipinski definition) is 4. The van der Waals surface area contributed by atoms with Crippen molar-refractivity contribution in [3.8, 4) is 0 Å². The van der Waals surface area contributed by atoms with Crippen LogP contribution in [0.25, 0.3) is 0 Å². The molecule has 7 heteroatoms. The van der Waals surface area contributed by atoms with E-state index in [2.05, 4.69) is 12.2 Å². The average molecular weight is 339 g/mol. The quantitative estimate of drug-likeness (QED) is 0.453. The number of halogens is 1. The molecule has 0 aromatic rings. The molecule has 0 aromatic carbocycles. The fraction of sp³-hybridized carbons (Fsp3) is 0.933. The Balaban J connectivity index is 0.00000441. The van der Waals surface area contributed by atoms with Crippen molar-refractivity contribution in [2.75, 3.05) is 19.7 Å². The molecule has 0 saturated carbocycles. The fourth-order valence-electron chi connectivity index (χ4n) is 2.87. The van der Waals surface area contributed by atoms with Gasteiger partial charge >= 0.3 is 0 Å². The van der Waals surface area contributed by atoms with Gasteiger partial charge in [-0.25, -0.2) is 0 Å². The zero-order chi connectivity index (χ0) is 15.8. The molecule has 0 aliphatic carbocycles. The van der Waals surface area contributed by atoms with Crippen molar-refractivity contribution in [3.63, 3.8) is 0 Å². The number of aliphatic hydroxyl groups is 3. The van der Waals surface area contributed by atoms with E-state index in [1.165, 1.54) is 0 Å². The van der Waals surface area contributed by atoms with Crippen LogP contribution in [0, 0.1) is 0 Å². The Morgan fingerprint density at radius 2 is 1.73 bits per heavy atom. The average Bonchev–Trinajstić information content (AvgIpc) is 2.72. The largest absolute Gasteiger partial charge is 0.395 e. The lowest BCUT2D eigenvalue weighted by atomic mass is 10.1. The van der Waals surface area contributed by atoms with Crippen LogP contribution in [-0.4, -0.2) is 70.1 Å². The molecule has 1 saturated heterocycles. The third-order valence-electron chi connectivity index (χ3n) is 4.16. The molecule has 132 valence electrons. The summed E-state index contributed by atoms with van der Waals surface area (Å²) >= 11 is 0. The molecule has 0 aromatic heterocycles. The monoisotopic (exact) mass is 338 g/mol. The molecular weight excluding hydrogens is 308 g/mol. The minimum Gasteiger partial charge on any atom is -0.395 e. The Hall–Kier alpha value is -0.400. The minimum atomic E-state index is -1.15. The van der Waals surface area contributed by atoms with Crippen molar-refractivity contribution in [3.05, 3.63) is 0 Å². The molecular formula is C15H31ClN2O4. The maximum Gasteiger partial charge on any atom is 0.240 e. The van der Waals surface area contributed by atoms with Crippen LogP contribution in [0.2, 0.25) is 0 Å². The first-order valence-corrected chi connectivity index (χ1v) is 8.08. The second kappa shape index (κ2) is 11.2. The molecule has 4 atom stereocenters. The fourth-order valence-corrected chi connectivity index (χ4v) is 2.87. The first-order valence-electron chi connectivity index (χ1n) is 8.08. The van der Waals surface area contributed by atoms with Gasteiger partial charge in [-0.2, -0.15) is 0 Å². The Bertz CT molecular complexity index is 320. The van der Waals surface area contributed by atoms with Gasteiger partial charge in [0.15, 0.2) is 0 Å². The van der Waals surface area contributed by atoms with E-state index < -0.39 is 24.3 Å². The summed E-state index contributed by atoms with van der Waals surface area (Å²) in [4.78, 5) is 14.0. The number of unbranched alkanes of at least 4 members (excludes halogenated alkanes) is 3. The van der Waals surface area contributed by atoms with Crippen LogP contribution in [0.1, 0.15) is 46.0 Å². The summed E-state index contributed by atoms with van der Waals surface area (Å²) in [5.41, 5.74) is 0. The van der Waals surface area contributed by atoms with Gasteiger partial charge in [-0.15, -0.1) is 12.4 Å². The van der Waals surface area contributed by atoms with E-state index in [1.807, 2.05) is 6.92 Å². The number of carbonyl (C=O) groups excluding carboxylic acids is 1. The van der Waals surface area contributed by atoms with E-state index in [-0.39, 0.29) is 24.9 Å². The van der Waals surface area contributed by atoms with Crippen molar-refractivity contribution in [1.82, 2.24) is 10.2 Å². The van der Waals surface area contributed by atoms with Crippen molar-refractivity contribution in [2.24, 2.45) is 0 Å². The molecule has 0 bridgehead atoms. The number of rotatable bonds is 9. The zero-order valence-electron chi connectivity index (χ0n) is 13.6. The maximum atomic E-state index is 12.3. The van der Waals surface area contributed by atoms with Crippen molar-refractivity contribution < 1.29 is 20.1 Å². The van der Waals surface area contributed by atoms with Gasteiger partial charge in [0.05, 0.1) is 18.8 Å². The topological polar surface area (TPSA) is 93.0 Å². The summed E-state index contributed by atoms with van der Waals surface area (Å²) in [6.07, 6.45) is 2.61. The predicted molar refractivity (Wildman–Crippen MR) is 88.1 cm³/mol. The molecule has 6 nitrogen and oxygen atoms in total. The van der Waals surface area contributed by atoms with Crippen LogP contribution < -0.4 is 5.32 Å². The van der Waals surface area contributed by atoms with Crippen LogP contribution in [0.5, 0.6) is 0 Å². The highest BCUT2D eigenvalue weighted by atomic mass is 35.5. The van der Waals surface area contributed by atoms with Gasteiger partial charge in [0.1, 0.15) is 12.1 Å². The van der Waals surface area contributed by atoms with E-state index in [0.29, 0.717) is 13.1 Å². The van der Waals surface area contributed by atoms with Crippen molar-refractivity contribution >= 4 is 18.3 Å².